The van der Waals surface area contributed by atoms with Gasteiger partial charge in [-0.1, -0.05) is 38.5 Å². The number of amides is 2. The molecule has 0 atom stereocenters. The molecule has 0 radical (unpaired) electrons. The number of benzene rings is 2. The number of allylic oxidation sites excluding steroid dienone is 1. The number of anilines is 3. The lowest BCUT2D eigenvalue weighted by atomic mass is 9.90. The van der Waals surface area contributed by atoms with Gasteiger partial charge in [0.25, 0.3) is 0 Å². The molecule has 38 heavy (non-hydrogen) atoms. The van der Waals surface area contributed by atoms with Crippen LogP contribution in [0.15, 0.2) is 60.7 Å². The largest absolute Gasteiger partial charge is 0.383 e. The van der Waals surface area contributed by atoms with Gasteiger partial charge < -0.3 is 21.8 Å². The highest BCUT2D eigenvalue weighted by Gasteiger charge is 2.20. The third kappa shape index (κ3) is 5.77. The summed E-state index contributed by atoms with van der Waals surface area (Å²) in [5, 5.41) is 21.7. The minimum atomic E-state index is -0.606. The first kappa shape index (κ1) is 26.3. The number of nitrogens with two attached hydrogens (primary N) is 1. The number of urea groups is 1. The maximum absolute atomic E-state index is 15.2. The molecule has 0 aliphatic rings. The molecule has 2 aromatic carbocycles. The third-order valence-corrected chi connectivity index (χ3v) is 5.81. The molecule has 2 heterocycles. The van der Waals surface area contributed by atoms with E-state index in [0.29, 0.717) is 28.3 Å². The number of carbonyl (C=O) groups is 1. The predicted molar refractivity (Wildman–Crippen MR) is 148 cm³/mol. The van der Waals surface area contributed by atoms with Crippen molar-refractivity contribution in [1.29, 1.82) is 5.41 Å². The van der Waals surface area contributed by atoms with Crippen molar-refractivity contribution in [2.75, 3.05) is 16.4 Å². The van der Waals surface area contributed by atoms with E-state index in [9.17, 15) is 4.79 Å². The SMILES string of the molecule is Cc1ccc(N/C(=C\C(=N)C(C)(C)C)NC(=O)Nc2ccc(-c3nn(C)c4ncnc(N)c34)c(F)c2)cc1. The Morgan fingerprint density at radius 1 is 1.08 bits per heavy atom. The van der Waals surface area contributed by atoms with Crippen molar-refractivity contribution >= 4 is 40.0 Å². The van der Waals surface area contributed by atoms with Gasteiger partial charge in [-0.15, -0.1) is 0 Å². The normalized spacial score (nSPS) is 11.9. The number of nitrogens with one attached hydrogen (secondary N) is 4. The highest BCUT2D eigenvalue weighted by atomic mass is 19.1. The van der Waals surface area contributed by atoms with Crippen LogP contribution in [0.3, 0.4) is 0 Å². The second-order valence-electron chi connectivity index (χ2n) is 9.92. The molecule has 6 N–H and O–H groups in total. The maximum Gasteiger partial charge on any atom is 0.324 e. The number of hydrogen-bond donors (Lipinski definition) is 5. The Bertz CT molecular complexity index is 1550. The molecule has 0 saturated carbocycles. The van der Waals surface area contributed by atoms with E-state index < -0.39 is 17.3 Å². The minimum Gasteiger partial charge on any atom is -0.383 e. The number of rotatable bonds is 6. The smallest absolute Gasteiger partial charge is 0.324 e. The number of nitrogens with zero attached hydrogens (tertiary/aromatic N) is 4. The highest BCUT2D eigenvalue weighted by Crippen LogP contribution is 2.32. The van der Waals surface area contributed by atoms with Crippen molar-refractivity contribution < 1.29 is 9.18 Å². The summed E-state index contributed by atoms with van der Waals surface area (Å²) in [5.74, 6) is -0.104. The summed E-state index contributed by atoms with van der Waals surface area (Å²) in [6.45, 7) is 7.70. The van der Waals surface area contributed by atoms with Gasteiger partial charge in [-0.3, -0.25) is 5.32 Å². The van der Waals surface area contributed by atoms with E-state index in [1.165, 1.54) is 23.1 Å². The average Bonchev–Trinajstić information content (AvgIpc) is 3.17. The molecular weight excluding hydrogens is 485 g/mol. The van der Waals surface area contributed by atoms with Crippen LogP contribution in [0.2, 0.25) is 0 Å². The lowest BCUT2D eigenvalue weighted by molar-refractivity contribution is 0.254. The van der Waals surface area contributed by atoms with Crippen molar-refractivity contribution in [2.24, 2.45) is 12.5 Å². The van der Waals surface area contributed by atoms with E-state index in [1.54, 1.807) is 19.2 Å². The molecule has 0 spiro atoms. The van der Waals surface area contributed by atoms with Crippen molar-refractivity contribution in [1.82, 2.24) is 25.1 Å². The van der Waals surface area contributed by atoms with Gasteiger partial charge in [0.2, 0.25) is 0 Å². The molecule has 11 heteroatoms. The average molecular weight is 516 g/mol. The summed E-state index contributed by atoms with van der Waals surface area (Å²) in [4.78, 5) is 21.0. The number of halogens is 1. The van der Waals surface area contributed by atoms with Gasteiger partial charge in [0.15, 0.2) is 5.65 Å². The molecule has 2 aromatic heterocycles. The van der Waals surface area contributed by atoms with Gasteiger partial charge >= 0.3 is 6.03 Å². The van der Waals surface area contributed by atoms with Crippen molar-refractivity contribution in [3.05, 3.63) is 72.1 Å². The van der Waals surface area contributed by atoms with E-state index in [-0.39, 0.29) is 17.1 Å². The van der Waals surface area contributed by atoms with Crippen LogP contribution < -0.4 is 21.7 Å². The second-order valence-corrected chi connectivity index (χ2v) is 9.92. The molecule has 0 saturated heterocycles. The number of aromatic nitrogens is 4. The van der Waals surface area contributed by atoms with Crippen LogP contribution in [-0.4, -0.2) is 31.5 Å². The van der Waals surface area contributed by atoms with Crippen LogP contribution >= 0.6 is 0 Å². The summed E-state index contributed by atoms with van der Waals surface area (Å²) in [7, 11) is 1.69. The Kier molecular flexibility index (Phi) is 7.11. The summed E-state index contributed by atoms with van der Waals surface area (Å²) >= 11 is 0. The van der Waals surface area contributed by atoms with Crippen molar-refractivity contribution in [2.45, 2.75) is 27.7 Å². The first-order chi connectivity index (χ1) is 17.9. The first-order valence-corrected chi connectivity index (χ1v) is 11.9. The molecule has 10 nitrogen and oxygen atoms in total. The lowest BCUT2D eigenvalue weighted by Crippen LogP contribution is -2.32. The Morgan fingerprint density at radius 3 is 2.42 bits per heavy atom. The number of nitrogen functional groups attached to an aromatic ring is 1. The first-order valence-electron chi connectivity index (χ1n) is 11.9. The second kappa shape index (κ2) is 10.3. The molecule has 4 rings (SSSR count). The van der Waals surface area contributed by atoms with Crippen LogP contribution in [0.25, 0.3) is 22.3 Å². The van der Waals surface area contributed by atoms with Crippen LogP contribution in [-0.2, 0) is 7.05 Å². The monoisotopic (exact) mass is 515 g/mol. The van der Waals surface area contributed by atoms with Crippen molar-refractivity contribution in [3.8, 4) is 11.3 Å². The van der Waals surface area contributed by atoms with E-state index in [2.05, 4.69) is 31.0 Å². The molecule has 0 fully saturated rings. The van der Waals surface area contributed by atoms with Gasteiger partial charge in [-0.05, 0) is 37.3 Å². The standard InChI is InChI=1S/C27H30FN9O/c1-15-6-8-16(9-7-15)33-21(13-20(29)27(2,3)4)35-26(38)34-17-10-11-18(19(28)12-17)23-22-24(30)31-14-32-25(22)37(5)36-23/h6-14,29,33H,1-5H3,(H2,30,31,32)(H2,34,35,38)/b21-13+,29-20?. The lowest BCUT2D eigenvalue weighted by Gasteiger charge is -2.20. The molecular formula is C27H30FN9O. The molecule has 0 bridgehead atoms. The molecule has 2 amide bonds. The van der Waals surface area contributed by atoms with Gasteiger partial charge in [0, 0.05) is 41.2 Å². The summed E-state index contributed by atoms with van der Waals surface area (Å²) in [5.41, 5.74) is 8.94. The fraction of sp³-hybridized carbons (Fsp3) is 0.222. The zero-order valence-corrected chi connectivity index (χ0v) is 21.8. The Labute approximate surface area is 219 Å². The quantitative estimate of drug-likeness (QED) is 0.223. The minimum absolute atomic E-state index is 0.195. The van der Waals surface area contributed by atoms with Crippen molar-refractivity contribution in [3.63, 3.8) is 0 Å². The van der Waals surface area contributed by atoms with E-state index in [0.717, 1.165) is 11.3 Å². The van der Waals surface area contributed by atoms with Crippen LogP contribution in [0.5, 0.6) is 0 Å². The Morgan fingerprint density at radius 2 is 1.76 bits per heavy atom. The zero-order chi connectivity index (χ0) is 27.6. The van der Waals surface area contributed by atoms with E-state index in [4.69, 9.17) is 11.1 Å². The number of aryl methyl sites for hydroxylation is 2. The molecule has 196 valence electrons. The molecule has 0 unspecified atom stereocenters. The van der Waals surface area contributed by atoms with Gasteiger partial charge in [-0.25, -0.2) is 23.8 Å². The number of hydrogen-bond acceptors (Lipinski definition) is 7. The molecule has 0 aliphatic heterocycles. The summed E-state index contributed by atoms with van der Waals surface area (Å²) < 4.78 is 16.7. The topological polar surface area (TPSA) is 147 Å². The van der Waals surface area contributed by atoms with Crippen LogP contribution in [0.1, 0.15) is 26.3 Å². The van der Waals surface area contributed by atoms with E-state index in [1.807, 2.05) is 52.0 Å². The maximum atomic E-state index is 15.2. The molecule has 0 aliphatic carbocycles. The van der Waals surface area contributed by atoms with Gasteiger partial charge in [-0.2, -0.15) is 5.10 Å². The number of fused-ring (bicyclic) bond motifs is 1. The number of carbonyl (C=O) groups excluding carboxylic acids is 1. The summed E-state index contributed by atoms with van der Waals surface area (Å²) in [6, 6.07) is 11.3. The van der Waals surface area contributed by atoms with Gasteiger partial charge in [0.05, 0.1) is 5.39 Å². The fourth-order valence-corrected chi connectivity index (χ4v) is 3.62. The highest BCUT2D eigenvalue weighted by molar-refractivity contribution is 6.00. The third-order valence-electron chi connectivity index (χ3n) is 5.81. The predicted octanol–water partition coefficient (Wildman–Crippen LogP) is 5.20. The van der Waals surface area contributed by atoms with Crippen LogP contribution in [0.4, 0.5) is 26.4 Å². The van der Waals surface area contributed by atoms with Crippen LogP contribution in [0, 0.1) is 23.6 Å². The van der Waals surface area contributed by atoms with Gasteiger partial charge in [0.1, 0.15) is 29.5 Å². The van der Waals surface area contributed by atoms with E-state index >= 15 is 4.39 Å². The summed E-state index contributed by atoms with van der Waals surface area (Å²) in [6.07, 6.45) is 2.88. The Hall–Kier alpha value is -4.80. The fourth-order valence-electron chi connectivity index (χ4n) is 3.62. The zero-order valence-electron chi connectivity index (χ0n) is 21.8. The molecule has 4 aromatic rings. The Balaban J connectivity index is 1.55.